The largest absolute Gasteiger partial charge is 0.477 e. The molecule has 0 unspecified atom stereocenters. The van der Waals surface area contributed by atoms with Gasteiger partial charge in [0.25, 0.3) is 11.6 Å². The van der Waals surface area contributed by atoms with Crippen LogP contribution in [0.1, 0.15) is 52.4 Å². The Morgan fingerprint density at radius 3 is 1.63 bits per heavy atom. The van der Waals surface area contributed by atoms with Gasteiger partial charge < -0.3 is 125 Å². The number of ether oxygens (including phenoxy) is 7. The van der Waals surface area contributed by atoms with Gasteiger partial charge in [-0.2, -0.15) is 0 Å². The molecule has 4 rings (SSSR count). The normalized spacial score (nSPS) is 41.1. The number of carbonyl (C=O) groups is 4. The molecule has 0 spiro atoms. The number of nitrogens with one attached hydrogen (secondary N) is 2. The maximum Gasteiger partial charge on any atom is 0.364 e. The van der Waals surface area contributed by atoms with E-state index >= 15 is 0 Å². The van der Waals surface area contributed by atoms with E-state index < -0.39 is 197 Å². The zero-order valence-electron chi connectivity index (χ0n) is 36.3. The van der Waals surface area contributed by atoms with Crippen LogP contribution >= 0.6 is 0 Å². The molecule has 0 bridgehead atoms. The van der Waals surface area contributed by atoms with Crippen LogP contribution in [0.15, 0.2) is 0 Å². The highest BCUT2D eigenvalue weighted by molar-refractivity contribution is 5.78. The van der Waals surface area contributed by atoms with Gasteiger partial charge in [0.2, 0.25) is 11.8 Å². The van der Waals surface area contributed by atoms with Crippen molar-refractivity contribution < 1.29 is 134 Å². The zero-order valence-corrected chi connectivity index (χ0v) is 36.3. The fraction of sp³-hybridized carbons (Fsp3) is 0.895. The molecule has 4 saturated heterocycles. The van der Waals surface area contributed by atoms with Crippen molar-refractivity contribution in [3.05, 3.63) is 0 Å². The highest BCUT2D eigenvalue weighted by atomic mass is 16.8. The summed E-state index contributed by atoms with van der Waals surface area (Å²) in [6.45, 7) is -1.41. The van der Waals surface area contributed by atoms with Crippen molar-refractivity contribution in [2.75, 3.05) is 26.4 Å². The van der Waals surface area contributed by atoms with Crippen molar-refractivity contribution in [2.45, 2.75) is 186 Å². The third kappa shape index (κ3) is 12.5. The highest BCUT2D eigenvalue weighted by Gasteiger charge is 2.62. The summed E-state index contributed by atoms with van der Waals surface area (Å²) >= 11 is 0. The van der Waals surface area contributed by atoms with Crippen LogP contribution in [0.4, 0.5) is 0 Å². The van der Waals surface area contributed by atoms with E-state index in [0.717, 1.165) is 0 Å². The van der Waals surface area contributed by atoms with Gasteiger partial charge in [-0.25, -0.2) is 9.59 Å². The lowest BCUT2D eigenvalue weighted by atomic mass is 9.87. The molecule has 18 N–H and O–H groups in total. The molecule has 0 aromatic carbocycles. The minimum atomic E-state index is -3.34. The van der Waals surface area contributed by atoms with Gasteiger partial charge in [0, 0.05) is 25.7 Å². The average molecular weight is 981 g/mol. The second-order valence-corrected chi connectivity index (χ2v) is 16.7. The number of amides is 2. The second-order valence-electron chi connectivity index (χ2n) is 16.7. The summed E-state index contributed by atoms with van der Waals surface area (Å²) in [7, 11) is 0. The van der Waals surface area contributed by atoms with Gasteiger partial charge in [0.15, 0.2) is 12.6 Å². The van der Waals surface area contributed by atoms with E-state index in [9.17, 15) is 101 Å². The van der Waals surface area contributed by atoms with Gasteiger partial charge in [-0.05, 0) is 12.8 Å². The van der Waals surface area contributed by atoms with Crippen LogP contribution < -0.4 is 10.6 Å². The Kier molecular flexibility index (Phi) is 20.5. The number of carboxylic acids is 2. The van der Waals surface area contributed by atoms with E-state index in [4.69, 9.17) is 33.2 Å². The summed E-state index contributed by atoms with van der Waals surface area (Å²) in [5, 5.41) is 175. The highest BCUT2D eigenvalue weighted by Crippen LogP contribution is 2.40. The minimum absolute atomic E-state index is 0.122. The first-order valence-corrected chi connectivity index (χ1v) is 21.5. The molecule has 0 aromatic rings. The number of hydrogen-bond acceptors (Lipinski definition) is 25. The third-order valence-corrected chi connectivity index (χ3v) is 11.8. The predicted molar refractivity (Wildman–Crippen MR) is 210 cm³/mol. The van der Waals surface area contributed by atoms with Crippen LogP contribution in [0.2, 0.25) is 0 Å². The molecule has 67 heavy (non-hydrogen) atoms. The molecule has 388 valence electrons. The van der Waals surface area contributed by atoms with Crippen LogP contribution in [0, 0.1) is 0 Å². The first-order valence-electron chi connectivity index (χ1n) is 21.5. The van der Waals surface area contributed by atoms with Crippen molar-refractivity contribution in [3.8, 4) is 0 Å². The molecule has 2 amide bonds. The van der Waals surface area contributed by atoms with E-state index in [-0.39, 0.29) is 19.3 Å². The Bertz CT molecular complexity index is 1630. The van der Waals surface area contributed by atoms with Crippen LogP contribution in [0.5, 0.6) is 0 Å². The van der Waals surface area contributed by atoms with Crippen molar-refractivity contribution >= 4 is 23.8 Å². The fourth-order valence-corrected chi connectivity index (χ4v) is 8.26. The standard InChI is InChI=1S/C38H64N2O27/c1-3-5-19(48)39-21-13(45)7-37(35(57)58,65-30(21)23(50)15(47)9-41)64-17(11-43)25(52)31-22(40-20(49)6-4-2)14(46)8-38(66-31,36(59)60)67-32-24(51)16(10-42)62-34(28(32)55)63-29-18(12-44)61-33(56)27(54)26(29)53/h13-18,21-34,41-47,50-56H,3-12H2,1-2H3,(H,39,48)(H,40,49)(H,57,58)(H,59,60)/t13-,14-,15+,16+,17+,18+,21+,22+,23+,24-,25+,26+,27+,28+,29+,30+,31+,32-,33+,34-,37+,38-/m0/s1. The van der Waals surface area contributed by atoms with Crippen LogP contribution in [0.25, 0.3) is 0 Å². The van der Waals surface area contributed by atoms with Crippen molar-refractivity contribution in [1.82, 2.24) is 10.6 Å². The second kappa shape index (κ2) is 24.2. The van der Waals surface area contributed by atoms with E-state index in [1.165, 1.54) is 0 Å². The number of aliphatic hydroxyl groups is 14. The number of carboxylic acid groups (broad SMARTS) is 2. The predicted octanol–water partition coefficient (Wildman–Crippen LogP) is -9.49. The molecule has 0 aromatic heterocycles. The number of hydrogen-bond donors (Lipinski definition) is 18. The topological polar surface area (TPSA) is 481 Å². The molecule has 0 saturated carbocycles. The van der Waals surface area contributed by atoms with Gasteiger partial charge in [-0.15, -0.1) is 0 Å². The van der Waals surface area contributed by atoms with Gasteiger partial charge in [0.05, 0.1) is 50.7 Å². The molecule has 4 aliphatic rings. The Balaban J connectivity index is 1.74. The number of aliphatic carboxylic acids is 2. The molecule has 29 heteroatoms. The van der Waals surface area contributed by atoms with E-state index in [0.29, 0.717) is 6.42 Å². The molecule has 0 radical (unpaired) electrons. The Morgan fingerprint density at radius 1 is 0.642 bits per heavy atom. The quantitative estimate of drug-likeness (QED) is 0.0479. The molecule has 4 fully saturated rings. The summed E-state index contributed by atoms with van der Waals surface area (Å²) in [5.74, 6) is -12.4. The maximum absolute atomic E-state index is 13.3. The molecule has 0 aliphatic carbocycles. The number of aliphatic hydroxyl groups excluding tert-OH is 14. The lowest BCUT2D eigenvalue weighted by Gasteiger charge is -2.51. The summed E-state index contributed by atoms with van der Waals surface area (Å²) < 4.78 is 38.9. The van der Waals surface area contributed by atoms with Gasteiger partial charge >= 0.3 is 11.9 Å². The summed E-state index contributed by atoms with van der Waals surface area (Å²) in [6.07, 6.45) is -40.5. The SMILES string of the molecule is CCCC(=O)N[C@H]1[C@H]([C@H](O)[C@H](O)CO)O[C@@](O[C@H](CO)[C@@H](O)[C@@H]2O[C@@](O[C@H]3[C@@H](O)[C@@H](CO)O[C@@H](O[C@H]4[C@H](O)[C@@H](O)[C@H](O)O[C@@H]4CO)[C@@H]3O)(C(=O)O)C[C@H](O)[C@H]2NC(=O)CCC)(C(=O)O)C[C@@H]1O. The molecule has 29 nitrogen and oxygen atoms in total. The molecule has 4 aliphatic heterocycles. The van der Waals surface area contributed by atoms with Crippen molar-refractivity contribution in [2.24, 2.45) is 0 Å². The van der Waals surface area contributed by atoms with Crippen LogP contribution in [0.3, 0.4) is 0 Å². The van der Waals surface area contributed by atoms with Gasteiger partial charge in [0.1, 0.15) is 85.5 Å². The first kappa shape index (κ1) is 56.6. The molecule has 22 atom stereocenters. The van der Waals surface area contributed by atoms with Crippen LogP contribution in [-0.4, -0.2) is 266 Å². The van der Waals surface area contributed by atoms with Crippen molar-refractivity contribution in [3.63, 3.8) is 0 Å². The first-order chi connectivity index (χ1) is 31.5. The van der Waals surface area contributed by atoms with Gasteiger partial charge in [-0.1, -0.05) is 13.8 Å². The Labute approximate surface area is 380 Å². The Hall–Kier alpha value is -2.96. The number of rotatable bonds is 22. The van der Waals surface area contributed by atoms with E-state index in [1.54, 1.807) is 13.8 Å². The molecular formula is C38H64N2O27. The maximum atomic E-state index is 13.3. The van der Waals surface area contributed by atoms with E-state index in [1.807, 2.05) is 0 Å². The zero-order chi connectivity index (χ0) is 50.3. The van der Waals surface area contributed by atoms with Crippen molar-refractivity contribution in [1.29, 1.82) is 0 Å². The summed E-state index contributed by atoms with van der Waals surface area (Å²) in [4.78, 5) is 51.9. The molecule has 4 heterocycles. The fourth-order valence-electron chi connectivity index (χ4n) is 8.26. The Morgan fingerprint density at radius 2 is 1.15 bits per heavy atom. The monoisotopic (exact) mass is 980 g/mol. The average Bonchev–Trinajstić information content (AvgIpc) is 3.28. The minimum Gasteiger partial charge on any atom is -0.477 e. The summed E-state index contributed by atoms with van der Waals surface area (Å²) in [6, 6.07) is -3.56. The smallest absolute Gasteiger partial charge is 0.364 e. The number of carbonyl (C=O) groups excluding carboxylic acids is 2. The lowest BCUT2D eigenvalue weighted by Crippen LogP contribution is -2.72. The molecular weight excluding hydrogens is 916 g/mol. The third-order valence-electron chi connectivity index (χ3n) is 11.8. The van der Waals surface area contributed by atoms with Crippen LogP contribution in [-0.2, 0) is 52.3 Å². The van der Waals surface area contributed by atoms with E-state index in [2.05, 4.69) is 10.6 Å². The van der Waals surface area contributed by atoms with Gasteiger partial charge in [-0.3, -0.25) is 9.59 Å². The summed E-state index contributed by atoms with van der Waals surface area (Å²) in [5.41, 5.74) is 0. The lowest BCUT2D eigenvalue weighted by molar-refractivity contribution is -0.387.